The number of likely N-dealkylation sites (tertiary alicyclic amines) is 1. The summed E-state index contributed by atoms with van der Waals surface area (Å²) in [6.45, 7) is 6.09. The zero-order chi connectivity index (χ0) is 14.8. The zero-order valence-electron chi connectivity index (χ0n) is 12.0. The van der Waals surface area contributed by atoms with Crippen LogP contribution < -0.4 is 0 Å². The van der Waals surface area contributed by atoms with Crippen LogP contribution >= 0.6 is 15.9 Å². The minimum Gasteiger partial charge on any atom is -0.448 e. The van der Waals surface area contributed by atoms with Crippen LogP contribution in [0.1, 0.15) is 36.2 Å². The van der Waals surface area contributed by atoms with Gasteiger partial charge in [-0.2, -0.15) is 0 Å². The Bertz CT molecular complexity index is 663. The number of allylic oxidation sites excluding steroid dienone is 1. The average Bonchev–Trinajstić information content (AvgIpc) is 2.84. The maximum absolute atomic E-state index is 12.8. The summed E-state index contributed by atoms with van der Waals surface area (Å²) in [5.41, 5.74) is 2.36. The molecule has 0 N–H and O–H groups in total. The molecule has 0 saturated carbocycles. The fraction of sp³-hybridized carbons (Fsp3) is 0.438. The van der Waals surface area contributed by atoms with E-state index in [9.17, 15) is 4.79 Å². The van der Waals surface area contributed by atoms with Crippen LogP contribution in [0.3, 0.4) is 0 Å². The first-order valence-electron chi connectivity index (χ1n) is 7.39. The third-order valence-corrected chi connectivity index (χ3v) is 4.37. The molecule has 2 aromatic heterocycles. The Kier molecular flexibility index (Phi) is 4.19. The van der Waals surface area contributed by atoms with Crippen LogP contribution in [0.4, 0.5) is 0 Å². The number of furan rings is 1. The molecule has 3 rings (SSSR count). The third-order valence-electron chi connectivity index (χ3n) is 3.98. The van der Waals surface area contributed by atoms with Gasteiger partial charge in [0.1, 0.15) is 5.69 Å². The van der Waals surface area contributed by atoms with Crippen molar-refractivity contribution in [1.29, 1.82) is 0 Å². The molecule has 112 valence electrons. The molecule has 2 aromatic rings. The molecule has 1 saturated heterocycles. The molecule has 21 heavy (non-hydrogen) atoms. The first-order chi connectivity index (χ1) is 10.2. The largest absolute Gasteiger partial charge is 0.448 e. The van der Waals surface area contributed by atoms with Gasteiger partial charge < -0.3 is 13.9 Å². The van der Waals surface area contributed by atoms with Gasteiger partial charge in [0, 0.05) is 31.8 Å². The minimum atomic E-state index is 0.0984. The Hall–Kier alpha value is -1.49. The van der Waals surface area contributed by atoms with Gasteiger partial charge in [0.2, 0.25) is 0 Å². The first kappa shape index (κ1) is 14.4. The minimum absolute atomic E-state index is 0.0984. The van der Waals surface area contributed by atoms with Crippen molar-refractivity contribution in [3.8, 4) is 0 Å². The highest BCUT2D eigenvalue weighted by Crippen LogP contribution is 2.28. The van der Waals surface area contributed by atoms with E-state index in [2.05, 4.69) is 22.5 Å². The number of rotatable bonds is 3. The van der Waals surface area contributed by atoms with E-state index < -0.39 is 0 Å². The van der Waals surface area contributed by atoms with Crippen LogP contribution in [0.2, 0.25) is 0 Å². The van der Waals surface area contributed by atoms with E-state index in [-0.39, 0.29) is 5.91 Å². The summed E-state index contributed by atoms with van der Waals surface area (Å²) in [6, 6.07) is 3.74. The molecule has 0 aromatic carbocycles. The normalized spacial score (nSPS) is 16.1. The maximum Gasteiger partial charge on any atom is 0.270 e. The van der Waals surface area contributed by atoms with Gasteiger partial charge in [0.15, 0.2) is 10.3 Å². The Balaban J connectivity index is 1.97. The summed E-state index contributed by atoms with van der Waals surface area (Å²) in [5.74, 6) is 0.0984. The Morgan fingerprint density at radius 1 is 1.29 bits per heavy atom. The Morgan fingerprint density at radius 2 is 2.00 bits per heavy atom. The van der Waals surface area contributed by atoms with Gasteiger partial charge in [-0.15, -0.1) is 6.58 Å². The standard InChI is InChI=1S/C16H19BrN2O2/c1-2-7-19-12-11-15(17)21-14(12)10-13(19)16(20)18-8-5-3-4-6-9-18/h2,10-11H,1,3-9H2. The van der Waals surface area contributed by atoms with Crippen molar-refractivity contribution >= 4 is 32.9 Å². The Morgan fingerprint density at radius 3 is 2.67 bits per heavy atom. The van der Waals surface area contributed by atoms with Crippen LogP contribution in [0.25, 0.3) is 11.1 Å². The molecule has 0 bridgehead atoms. The highest BCUT2D eigenvalue weighted by molar-refractivity contribution is 9.10. The summed E-state index contributed by atoms with van der Waals surface area (Å²) >= 11 is 3.34. The van der Waals surface area contributed by atoms with Gasteiger partial charge >= 0.3 is 0 Å². The summed E-state index contributed by atoms with van der Waals surface area (Å²) in [6.07, 6.45) is 6.42. The highest BCUT2D eigenvalue weighted by Gasteiger charge is 2.23. The van der Waals surface area contributed by atoms with Gasteiger partial charge in [-0.3, -0.25) is 4.79 Å². The number of amides is 1. The summed E-state index contributed by atoms with van der Waals surface area (Å²) in [4.78, 5) is 14.8. The second-order valence-electron chi connectivity index (χ2n) is 5.44. The zero-order valence-corrected chi connectivity index (χ0v) is 13.6. The van der Waals surface area contributed by atoms with Gasteiger partial charge in [0.25, 0.3) is 5.91 Å². The van der Waals surface area contributed by atoms with E-state index in [1.807, 2.05) is 21.6 Å². The Labute approximate surface area is 132 Å². The molecule has 0 radical (unpaired) electrons. The third kappa shape index (κ3) is 2.79. The van der Waals surface area contributed by atoms with Gasteiger partial charge in [0.05, 0.1) is 5.52 Å². The lowest BCUT2D eigenvalue weighted by Gasteiger charge is -2.21. The molecular formula is C16H19BrN2O2. The molecule has 4 nitrogen and oxygen atoms in total. The summed E-state index contributed by atoms with van der Waals surface area (Å²) in [7, 11) is 0. The monoisotopic (exact) mass is 350 g/mol. The summed E-state index contributed by atoms with van der Waals surface area (Å²) < 4.78 is 8.24. The number of aromatic nitrogens is 1. The maximum atomic E-state index is 12.8. The van der Waals surface area contributed by atoms with Crippen molar-refractivity contribution in [2.45, 2.75) is 32.2 Å². The van der Waals surface area contributed by atoms with E-state index in [4.69, 9.17) is 4.42 Å². The van der Waals surface area contributed by atoms with E-state index in [0.717, 1.165) is 37.0 Å². The molecule has 0 atom stereocenters. The van der Waals surface area contributed by atoms with Crippen molar-refractivity contribution in [1.82, 2.24) is 9.47 Å². The quantitative estimate of drug-likeness (QED) is 0.778. The number of halogens is 1. The topological polar surface area (TPSA) is 38.4 Å². The fourth-order valence-corrected chi connectivity index (χ4v) is 3.34. The molecule has 1 amide bonds. The van der Waals surface area contributed by atoms with Crippen molar-refractivity contribution in [2.24, 2.45) is 0 Å². The molecule has 1 fully saturated rings. The number of hydrogen-bond acceptors (Lipinski definition) is 2. The van der Waals surface area contributed by atoms with Crippen LogP contribution in [-0.2, 0) is 6.54 Å². The number of carbonyl (C=O) groups is 1. The van der Waals surface area contributed by atoms with Crippen LogP contribution in [-0.4, -0.2) is 28.5 Å². The smallest absolute Gasteiger partial charge is 0.270 e. The average molecular weight is 351 g/mol. The molecule has 3 heterocycles. The van der Waals surface area contributed by atoms with Gasteiger partial charge in [-0.25, -0.2) is 0 Å². The van der Waals surface area contributed by atoms with E-state index in [0.29, 0.717) is 16.9 Å². The van der Waals surface area contributed by atoms with E-state index in [1.165, 1.54) is 12.8 Å². The van der Waals surface area contributed by atoms with Gasteiger partial charge in [-0.05, 0) is 28.8 Å². The molecule has 5 heteroatoms. The molecule has 0 unspecified atom stereocenters. The predicted octanol–water partition coefficient (Wildman–Crippen LogP) is 4.20. The van der Waals surface area contributed by atoms with Crippen molar-refractivity contribution < 1.29 is 9.21 Å². The molecular weight excluding hydrogens is 332 g/mol. The lowest BCUT2D eigenvalue weighted by atomic mass is 10.2. The predicted molar refractivity (Wildman–Crippen MR) is 86.5 cm³/mol. The number of fused-ring (bicyclic) bond motifs is 1. The fourth-order valence-electron chi connectivity index (χ4n) is 2.95. The van der Waals surface area contributed by atoms with E-state index in [1.54, 1.807) is 6.08 Å². The lowest BCUT2D eigenvalue weighted by Crippen LogP contribution is -2.33. The molecule has 0 aliphatic carbocycles. The summed E-state index contributed by atoms with van der Waals surface area (Å²) in [5, 5.41) is 0. The second-order valence-corrected chi connectivity index (χ2v) is 6.22. The van der Waals surface area contributed by atoms with Crippen molar-refractivity contribution in [3.05, 3.63) is 35.2 Å². The second kappa shape index (κ2) is 6.10. The first-order valence-corrected chi connectivity index (χ1v) is 8.19. The van der Waals surface area contributed by atoms with Crippen LogP contribution in [0, 0.1) is 0 Å². The number of carbonyl (C=O) groups excluding carboxylic acids is 1. The SMILES string of the molecule is C=CCn1c(C(=O)N2CCCCCC2)cc2oc(Br)cc21. The van der Waals surface area contributed by atoms with Crippen LogP contribution in [0.15, 0.2) is 33.9 Å². The van der Waals surface area contributed by atoms with Crippen molar-refractivity contribution in [2.75, 3.05) is 13.1 Å². The van der Waals surface area contributed by atoms with Crippen LogP contribution in [0.5, 0.6) is 0 Å². The van der Waals surface area contributed by atoms with Gasteiger partial charge in [-0.1, -0.05) is 18.9 Å². The van der Waals surface area contributed by atoms with E-state index >= 15 is 0 Å². The highest BCUT2D eigenvalue weighted by atomic mass is 79.9. The molecule has 1 aliphatic heterocycles. The van der Waals surface area contributed by atoms with Crippen molar-refractivity contribution in [3.63, 3.8) is 0 Å². The number of nitrogens with zero attached hydrogens (tertiary/aromatic N) is 2. The molecule has 1 aliphatic rings. The lowest BCUT2D eigenvalue weighted by molar-refractivity contribution is 0.0752. The number of hydrogen-bond donors (Lipinski definition) is 0. The molecule has 0 spiro atoms.